The fraction of sp³-hybridized carbons (Fsp3) is 0.429. The number of nitrogens with one attached hydrogen (secondary N) is 1. The number of fused-ring (bicyclic) bond motifs is 1. The first kappa shape index (κ1) is 14.9. The minimum atomic E-state index is -4.56. The molecule has 0 saturated heterocycles. The molecule has 6 heteroatoms. The standard InChI is InChI=1S/C14H16F3NO2/c1-3-18-12(14(15,16)17)13(2,19)10-5-4-9-6-7-20-11(9)8-10/h4-8,12,18-19H,3H2,1-2H3. The van der Waals surface area contributed by atoms with Crippen LogP contribution < -0.4 is 5.32 Å². The van der Waals surface area contributed by atoms with Crippen LogP contribution in [0.25, 0.3) is 11.0 Å². The van der Waals surface area contributed by atoms with Crippen LogP contribution >= 0.6 is 0 Å². The summed E-state index contributed by atoms with van der Waals surface area (Å²) in [6.07, 6.45) is -3.10. The largest absolute Gasteiger partial charge is 0.464 e. The van der Waals surface area contributed by atoms with E-state index in [0.717, 1.165) is 12.3 Å². The normalized spacial score (nSPS) is 17.1. The molecule has 1 aromatic heterocycles. The number of likely N-dealkylation sites (N-methyl/N-ethyl adjacent to an activating group) is 1. The van der Waals surface area contributed by atoms with Crippen molar-refractivity contribution in [2.24, 2.45) is 0 Å². The molecule has 0 aliphatic carbocycles. The van der Waals surface area contributed by atoms with Crippen molar-refractivity contribution in [2.45, 2.75) is 31.7 Å². The molecule has 20 heavy (non-hydrogen) atoms. The molecular formula is C14H16F3NO2. The molecule has 0 amide bonds. The van der Waals surface area contributed by atoms with Crippen molar-refractivity contribution < 1.29 is 22.7 Å². The summed E-state index contributed by atoms with van der Waals surface area (Å²) in [4.78, 5) is 0. The van der Waals surface area contributed by atoms with E-state index in [-0.39, 0.29) is 12.1 Å². The van der Waals surface area contributed by atoms with Gasteiger partial charge in [0, 0.05) is 5.39 Å². The Kier molecular flexibility index (Phi) is 3.80. The van der Waals surface area contributed by atoms with Crippen molar-refractivity contribution in [3.05, 3.63) is 36.1 Å². The van der Waals surface area contributed by atoms with Crippen LogP contribution in [0.3, 0.4) is 0 Å². The summed E-state index contributed by atoms with van der Waals surface area (Å²) in [6, 6.07) is 4.20. The Hall–Kier alpha value is -1.53. The van der Waals surface area contributed by atoms with Gasteiger partial charge < -0.3 is 14.8 Å². The van der Waals surface area contributed by atoms with E-state index < -0.39 is 17.8 Å². The fourth-order valence-corrected chi connectivity index (χ4v) is 2.27. The summed E-state index contributed by atoms with van der Waals surface area (Å²) >= 11 is 0. The summed E-state index contributed by atoms with van der Waals surface area (Å²) < 4.78 is 44.5. The Balaban J connectivity index is 2.44. The minimum Gasteiger partial charge on any atom is -0.464 e. The lowest BCUT2D eigenvalue weighted by molar-refractivity contribution is -0.201. The zero-order chi connectivity index (χ0) is 15.0. The predicted octanol–water partition coefficient (Wildman–Crippen LogP) is 3.18. The molecule has 0 aliphatic rings. The minimum absolute atomic E-state index is 0.101. The van der Waals surface area contributed by atoms with Crippen molar-refractivity contribution in [1.29, 1.82) is 0 Å². The second kappa shape index (κ2) is 5.10. The molecule has 0 fully saturated rings. The average molecular weight is 287 g/mol. The molecule has 0 spiro atoms. The Morgan fingerprint density at radius 3 is 2.60 bits per heavy atom. The van der Waals surface area contributed by atoms with Gasteiger partial charge in [-0.3, -0.25) is 0 Å². The second-order valence-corrected chi connectivity index (χ2v) is 4.85. The molecule has 2 aromatic rings. The van der Waals surface area contributed by atoms with E-state index in [1.165, 1.54) is 18.4 Å². The molecule has 0 aliphatic heterocycles. The molecule has 2 N–H and O–H groups in total. The third-order valence-corrected chi connectivity index (χ3v) is 3.34. The SMILES string of the molecule is CCNC(C(F)(F)F)C(C)(O)c1ccc2ccoc2c1. The Morgan fingerprint density at radius 2 is 2.00 bits per heavy atom. The summed E-state index contributed by atoms with van der Waals surface area (Å²) in [7, 11) is 0. The van der Waals surface area contributed by atoms with Gasteiger partial charge >= 0.3 is 6.18 Å². The molecule has 110 valence electrons. The van der Waals surface area contributed by atoms with Crippen LogP contribution in [-0.4, -0.2) is 23.9 Å². The van der Waals surface area contributed by atoms with Gasteiger partial charge in [-0.2, -0.15) is 13.2 Å². The lowest BCUT2D eigenvalue weighted by atomic mass is 9.87. The van der Waals surface area contributed by atoms with Crippen LogP contribution in [0.4, 0.5) is 13.2 Å². The van der Waals surface area contributed by atoms with Gasteiger partial charge in [-0.05, 0) is 31.2 Å². The molecule has 2 unspecified atom stereocenters. The van der Waals surface area contributed by atoms with Gasteiger partial charge in [-0.25, -0.2) is 0 Å². The number of alkyl halides is 3. The van der Waals surface area contributed by atoms with Gasteiger partial charge in [0.25, 0.3) is 0 Å². The van der Waals surface area contributed by atoms with Crippen LogP contribution in [0.5, 0.6) is 0 Å². The van der Waals surface area contributed by atoms with Gasteiger partial charge in [-0.15, -0.1) is 0 Å². The van der Waals surface area contributed by atoms with Crippen molar-refractivity contribution in [2.75, 3.05) is 6.54 Å². The van der Waals surface area contributed by atoms with Crippen LogP contribution in [0.1, 0.15) is 19.4 Å². The summed E-state index contributed by atoms with van der Waals surface area (Å²) in [5, 5.41) is 13.5. The van der Waals surface area contributed by atoms with Crippen LogP contribution in [-0.2, 0) is 5.60 Å². The third kappa shape index (κ3) is 2.66. The number of hydrogen-bond acceptors (Lipinski definition) is 3. The Bertz CT molecular complexity index is 589. The zero-order valence-corrected chi connectivity index (χ0v) is 11.2. The summed E-state index contributed by atoms with van der Waals surface area (Å²) in [5.74, 6) is 0. The number of hydrogen-bond donors (Lipinski definition) is 2. The average Bonchev–Trinajstić information content (AvgIpc) is 2.81. The van der Waals surface area contributed by atoms with E-state index in [2.05, 4.69) is 5.32 Å². The van der Waals surface area contributed by atoms with Crippen molar-refractivity contribution in [1.82, 2.24) is 5.32 Å². The van der Waals surface area contributed by atoms with Crippen LogP contribution in [0, 0.1) is 0 Å². The van der Waals surface area contributed by atoms with E-state index in [1.54, 1.807) is 19.1 Å². The van der Waals surface area contributed by atoms with Gasteiger partial charge in [0.2, 0.25) is 0 Å². The lowest BCUT2D eigenvalue weighted by Crippen LogP contribution is -2.55. The van der Waals surface area contributed by atoms with Gasteiger partial charge in [0.05, 0.1) is 6.26 Å². The Morgan fingerprint density at radius 1 is 1.30 bits per heavy atom. The van der Waals surface area contributed by atoms with Crippen molar-refractivity contribution in [3.8, 4) is 0 Å². The molecular weight excluding hydrogens is 271 g/mol. The highest BCUT2D eigenvalue weighted by atomic mass is 19.4. The first-order valence-corrected chi connectivity index (χ1v) is 6.27. The highest BCUT2D eigenvalue weighted by molar-refractivity contribution is 5.77. The molecule has 1 aromatic carbocycles. The summed E-state index contributed by atoms with van der Waals surface area (Å²) in [5.41, 5.74) is -1.49. The van der Waals surface area contributed by atoms with Crippen LogP contribution in [0.2, 0.25) is 0 Å². The van der Waals surface area contributed by atoms with E-state index in [1.807, 2.05) is 0 Å². The molecule has 1 heterocycles. The fourth-order valence-electron chi connectivity index (χ4n) is 2.27. The van der Waals surface area contributed by atoms with E-state index in [4.69, 9.17) is 4.42 Å². The van der Waals surface area contributed by atoms with Gasteiger partial charge in [0.1, 0.15) is 17.2 Å². The molecule has 0 radical (unpaired) electrons. The van der Waals surface area contributed by atoms with Crippen molar-refractivity contribution in [3.63, 3.8) is 0 Å². The molecule has 0 saturated carbocycles. The zero-order valence-electron chi connectivity index (χ0n) is 11.2. The number of aliphatic hydroxyl groups is 1. The van der Waals surface area contributed by atoms with Gasteiger partial charge in [0.15, 0.2) is 0 Å². The summed E-state index contributed by atoms with van der Waals surface area (Å²) in [6.45, 7) is 2.81. The maximum atomic E-state index is 13.1. The number of furan rings is 1. The predicted molar refractivity (Wildman–Crippen MR) is 69.3 cm³/mol. The highest BCUT2D eigenvalue weighted by Gasteiger charge is 2.51. The smallest absolute Gasteiger partial charge is 0.406 e. The van der Waals surface area contributed by atoms with Crippen LogP contribution in [0.15, 0.2) is 34.9 Å². The number of benzene rings is 1. The Labute approximate surface area is 114 Å². The molecule has 2 rings (SSSR count). The molecule has 3 nitrogen and oxygen atoms in total. The molecule has 2 atom stereocenters. The quantitative estimate of drug-likeness (QED) is 0.908. The van der Waals surface area contributed by atoms with E-state index in [9.17, 15) is 18.3 Å². The first-order valence-electron chi connectivity index (χ1n) is 6.27. The lowest BCUT2D eigenvalue weighted by Gasteiger charge is -2.35. The van der Waals surface area contributed by atoms with Gasteiger partial charge in [-0.1, -0.05) is 19.1 Å². The maximum absolute atomic E-state index is 13.1. The van der Waals surface area contributed by atoms with E-state index in [0.29, 0.717) is 5.58 Å². The number of halogens is 3. The second-order valence-electron chi connectivity index (χ2n) is 4.85. The van der Waals surface area contributed by atoms with Crippen molar-refractivity contribution >= 4 is 11.0 Å². The maximum Gasteiger partial charge on any atom is 0.406 e. The monoisotopic (exact) mass is 287 g/mol. The van der Waals surface area contributed by atoms with E-state index >= 15 is 0 Å². The third-order valence-electron chi connectivity index (χ3n) is 3.34. The number of rotatable bonds is 4. The highest BCUT2D eigenvalue weighted by Crippen LogP contribution is 2.36. The molecule has 0 bridgehead atoms. The first-order chi connectivity index (χ1) is 9.26. The topological polar surface area (TPSA) is 45.4 Å².